The molecule has 1 N–H and O–H groups in total. The number of para-hydroxylation sites is 1. The highest BCUT2D eigenvalue weighted by atomic mass is 16.5. The number of urea groups is 1. The fourth-order valence-corrected chi connectivity index (χ4v) is 2.13. The fraction of sp³-hybridized carbons (Fsp3) is 0.533. The van der Waals surface area contributed by atoms with Crippen LogP contribution in [0, 0.1) is 0 Å². The smallest absolute Gasteiger partial charge is 0.317 e. The summed E-state index contributed by atoms with van der Waals surface area (Å²) < 4.78 is 10.9. The van der Waals surface area contributed by atoms with Gasteiger partial charge in [0.15, 0.2) is 0 Å². The van der Waals surface area contributed by atoms with Crippen molar-refractivity contribution in [3.05, 3.63) is 29.8 Å². The quantitative estimate of drug-likeness (QED) is 0.834. The molecule has 0 unspecified atom stereocenters. The van der Waals surface area contributed by atoms with Crippen molar-refractivity contribution in [1.29, 1.82) is 0 Å². The first-order valence-electron chi connectivity index (χ1n) is 7.12. The molecule has 1 aromatic carbocycles. The second-order valence-electron chi connectivity index (χ2n) is 4.64. The van der Waals surface area contributed by atoms with Crippen LogP contribution in [-0.4, -0.2) is 50.4 Å². The average Bonchev–Trinajstić information content (AvgIpc) is 2.52. The van der Waals surface area contributed by atoms with Crippen molar-refractivity contribution in [3.8, 4) is 5.75 Å². The number of rotatable bonds is 5. The highest BCUT2D eigenvalue weighted by Gasteiger charge is 2.15. The van der Waals surface area contributed by atoms with Crippen LogP contribution in [0.2, 0.25) is 0 Å². The van der Waals surface area contributed by atoms with Crippen LogP contribution in [0.25, 0.3) is 0 Å². The number of carbonyl (C=O) groups excluding carboxylic acids is 1. The lowest BCUT2D eigenvalue weighted by Crippen LogP contribution is -2.47. The van der Waals surface area contributed by atoms with E-state index in [4.69, 9.17) is 9.47 Å². The molecule has 20 heavy (non-hydrogen) atoms. The summed E-state index contributed by atoms with van der Waals surface area (Å²) in [6, 6.07) is 7.94. The third kappa shape index (κ3) is 4.13. The van der Waals surface area contributed by atoms with Crippen molar-refractivity contribution >= 4 is 6.03 Å². The van der Waals surface area contributed by atoms with Gasteiger partial charge in [-0.15, -0.1) is 0 Å². The molecule has 2 amide bonds. The largest absolute Gasteiger partial charge is 0.491 e. The second-order valence-corrected chi connectivity index (χ2v) is 4.64. The van der Waals surface area contributed by atoms with Crippen molar-refractivity contribution in [3.63, 3.8) is 0 Å². The Balaban J connectivity index is 1.69. The SMILES string of the molecule is CCc1ccccc1OCCNC(=O)N1CCOCC1. The van der Waals surface area contributed by atoms with Crippen molar-refractivity contribution in [2.24, 2.45) is 0 Å². The molecule has 110 valence electrons. The Bertz CT molecular complexity index is 431. The van der Waals surface area contributed by atoms with Gasteiger partial charge in [0.1, 0.15) is 12.4 Å². The third-order valence-electron chi connectivity index (χ3n) is 3.29. The molecule has 0 aromatic heterocycles. The summed E-state index contributed by atoms with van der Waals surface area (Å²) in [6.07, 6.45) is 0.941. The molecule has 0 atom stereocenters. The van der Waals surface area contributed by atoms with Crippen LogP contribution in [0.5, 0.6) is 5.75 Å². The molecule has 1 aliphatic rings. The van der Waals surface area contributed by atoms with E-state index >= 15 is 0 Å². The van der Waals surface area contributed by atoms with Gasteiger partial charge < -0.3 is 19.7 Å². The molecule has 2 rings (SSSR count). The number of amides is 2. The predicted molar refractivity (Wildman–Crippen MR) is 77.1 cm³/mol. The number of nitrogens with zero attached hydrogens (tertiary/aromatic N) is 1. The lowest BCUT2D eigenvalue weighted by molar-refractivity contribution is 0.0530. The van der Waals surface area contributed by atoms with Gasteiger partial charge in [0.05, 0.1) is 19.8 Å². The van der Waals surface area contributed by atoms with Gasteiger partial charge in [0, 0.05) is 13.1 Å². The number of hydrogen-bond acceptors (Lipinski definition) is 3. The lowest BCUT2D eigenvalue weighted by atomic mass is 10.1. The van der Waals surface area contributed by atoms with Gasteiger partial charge in [-0.05, 0) is 18.1 Å². The van der Waals surface area contributed by atoms with E-state index in [1.165, 1.54) is 5.56 Å². The van der Waals surface area contributed by atoms with Crippen LogP contribution < -0.4 is 10.1 Å². The Kier molecular flexibility index (Phi) is 5.68. The lowest BCUT2D eigenvalue weighted by Gasteiger charge is -2.26. The molecule has 0 saturated carbocycles. The minimum atomic E-state index is -0.0410. The number of benzene rings is 1. The van der Waals surface area contributed by atoms with Crippen LogP contribution in [0.4, 0.5) is 4.79 Å². The van der Waals surface area contributed by atoms with Crippen LogP contribution in [0.3, 0.4) is 0 Å². The first-order valence-corrected chi connectivity index (χ1v) is 7.12. The van der Waals surface area contributed by atoms with Crippen LogP contribution >= 0.6 is 0 Å². The molecule has 0 radical (unpaired) electrons. The van der Waals surface area contributed by atoms with Crippen molar-refractivity contribution in [1.82, 2.24) is 10.2 Å². The van der Waals surface area contributed by atoms with Gasteiger partial charge in [-0.2, -0.15) is 0 Å². The molecule has 5 nitrogen and oxygen atoms in total. The average molecular weight is 278 g/mol. The Labute approximate surface area is 119 Å². The maximum absolute atomic E-state index is 11.8. The van der Waals surface area contributed by atoms with Crippen molar-refractivity contribution < 1.29 is 14.3 Å². The standard InChI is InChI=1S/C15H22N2O3/c1-2-13-5-3-4-6-14(13)20-10-7-16-15(18)17-8-11-19-12-9-17/h3-6H,2,7-12H2,1H3,(H,16,18). The fourth-order valence-electron chi connectivity index (χ4n) is 2.13. The molecule has 1 aromatic rings. The van der Waals surface area contributed by atoms with E-state index in [9.17, 15) is 4.79 Å². The first-order chi connectivity index (χ1) is 9.81. The maximum atomic E-state index is 11.8. The molecule has 1 heterocycles. The van der Waals surface area contributed by atoms with Crippen molar-refractivity contribution in [2.75, 3.05) is 39.5 Å². The summed E-state index contributed by atoms with van der Waals surface area (Å²) in [5, 5.41) is 2.87. The van der Waals surface area contributed by atoms with Crippen molar-refractivity contribution in [2.45, 2.75) is 13.3 Å². The summed E-state index contributed by atoms with van der Waals surface area (Å²) in [5.74, 6) is 0.899. The maximum Gasteiger partial charge on any atom is 0.317 e. The van der Waals surface area contributed by atoms with Gasteiger partial charge in [-0.25, -0.2) is 4.79 Å². The van der Waals surface area contributed by atoms with Gasteiger partial charge in [-0.3, -0.25) is 0 Å². The number of nitrogens with one attached hydrogen (secondary N) is 1. The Morgan fingerprint density at radius 3 is 2.85 bits per heavy atom. The highest BCUT2D eigenvalue weighted by Crippen LogP contribution is 2.17. The topological polar surface area (TPSA) is 50.8 Å². The van der Waals surface area contributed by atoms with Gasteiger partial charge in [0.2, 0.25) is 0 Å². The van der Waals surface area contributed by atoms with Crippen LogP contribution in [0.1, 0.15) is 12.5 Å². The number of aryl methyl sites for hydroxylation is 1. The number of ether oxygens (including phenoxy) is 2. The zero-order valence-electron chi connectivity index (χ0n) is 11.9. The monoisotopic (exact) mass is 278 g/mol. The summed E-state index contributed by atoms with van der Waals surface area (Å²) in [5.41, 5.74) is 1.19. The Hall–Kier alpha value is -1.75. The molecular formula is C15H22N2O3. The number of morpholine rings is 1. The zero-order chi connectivity index (χ0) is 14.2. The summed E-state index contributed by atoms with van der Waals surface area (Å²) in [6.45, 7) is 5.64. The first kappa shape index (κ1) is 14.7. The van der Waals surface area contributed by atoms with Crippen LogP contribution in [0.15, 0.2) is 24.3 Å². The van der Waals surface area contributed by atoms with E-state index < -0.39 is 0 Å². The summed E-state index contributed by atoms with van der Waals surface area (Å²) in [4.78, 5) is 13.6. The number of carbonyl (C=O) groups is 1. The second kappa shape index (κ2) is 7.75. The minimum absolute atomic E-state index is 0.0410. The van der Waals surface area contributed by atoms with E-state index in [0.717, 1.165) is 12.2 Å². The van der Waals surface area contributed by atoms with E-state index in [1.54, 1.807) is 4.90 Å². The molecule has 1 aliphatic heterocycles. The highest BCUT2D eigenvalue weighted by molar-refractivity contribution is 5.74. The molecule has 5 heteroatoms. The van der Waals surface area contributed by atoms with Gasteiger partial charge >= 0.3 is 6.03 Å². The van der Waals surface area contributed by atoms with E-state index in [-0.39, 0.29) is 6.03 Å². The van der Waals surface area contributed by atoms with E-state index in [2.05, 4.69) is 18.3 Å². The third-order valence-corrected chi connectivity index (χ3v) is 3.29. The van der Waals surface area contributed by atoms with E-state index in [1.807, 2.05) is 18.2 Å². The number of hydrogen-bond donors (Lipinski definition) is 1. The van der Waals surface area contributed by atoms with Gasteiger partial charge in [-0.1, -0.05) is 25.1 Å². The molecule has 0 aliphatic carbocycles. The Morgan fingerprint density at radius 2 is 2.10 bits per heavy atom. The van der Waals surface area contributed by atoms with Gasteiger partial charge in [0.25, 0.3) is 0 Å². The summed E-state index contributed by atoms with van der Waals surface area (Å²) >= 11 is 0. The predicted octanol–water partition coefficient (Wildman–Crippen LogP) is 1.67. The normalized spacial score (nSPS) is 14.9. The molecular weight excluding hydrogens is 256 g/mol. The van der Waals surface area contributed by atoms with Crippen LogP contribution in [-0.2, 0) is 11.2 Å². The molecule has 1 fully saturated rings. The molecule has 0 spiro atoms. The molecule has 0 bridgehead atoms. The molecule has 1 saturated heterocycles. The van der Waals surface area contributed by atoms with E-state index in [0.29, 0.717) is 39.5 Å². The minimum Gasteiger partial charge on any atom is -0.491 e. The summed E-state index contributed by atoms with van der Waals surface area (Å²) in [7, 11) is 0. The zero-order valence-corrected chi connectivity index (χ0v) is 11.9. The Morgan fingerprint density at radius 1 is 1.35 bits per heavy atom.